The number of carbonyl (C=O) groups excluding carboxylic acids is 2. The van der Waals surface area contributed by atoms with Gasteiger partial charge in [0.05, 0.1) is 40.0 Å². The molecule has 328 valence electrons. The normalized spacial score (nSPS) is 15.1. The minimum absolute atomic E-state index is 0.0824. The van der Waals surface area contributed by atoms with Crippen LogP contribution in [0.1, 0.15) is 168 Å². The molecule has 0 spiro atoms. The van der Waals surface area contributed by atoms with E-state index in [1.807, 2.05) is 33.3 Å². The van der Waals surface area contributed by atoms with Crippen LogP contribution in [0.25, 0.3) is 0 Å². The molecule has 0 amide bonds. The number of nitrogens with zero attached hydrogens (tertiary/aromatic N) is 1. The topological polar surface area (TPSA) is 152 Å². The summed E-state index contributed by atoms with van der Waals surface area (Å²) in [5.41, 5.74) is 0. The Bertz CT molecular complexity index is 1090. The third kappa shape index (κ3) is 37.7. The number of aliphatic hydroxyl groups is 2. The van der Waals surface area contributed by atoms with Crippen molar-refractivity contribution in [3.63, 3.8) is 0 Å². The van der Waals surface area contributed by atoms with E-state index >= 15 is 0 Å². The van der Waals surface area contributed by atoms with Gasteiger partial charge < -0.3 is 38.1 Å². The van der Waals surface area contributed by atoms with E-state index < -0.39 is 44.7 Å². The van der Waals surface area contributed by atoms with Crippen LogP contribution in [0.15, 0.2) is 36.5 Å². The lowest BCUT2D eigenvalue weighted by Crippen LogP contribution is -2.37. The number of aliphatic hydroxyl groups excluding tert-OH is 2. The second-order valence-corrected chi connectivity index (χ2v) is 17.4. The molecule has 0 bridgehead atoms. The third-order valence-electron chi connectivity index (χ3n) is 9.36. The minimum atomic E-state index is -4.70. The first kappa shape index (κ1) is 54.2. The number of quaternary nitrogens is 1. The molecule has 0 radical (unpaired) electrons. The molecule has 4 atom stereocenters. The standard InChI is InChI=1S/C44H82NO10P/c1-6-8-10-12-14-16-18-20-22-24-26-28-30-34-43(48)52-38-40(39-54-56(50,51)53-37-36-45(3,4)5)55-44(49)35-31-33-42(47)41(46)32-29-27-25-23-21-19-17-15-13-11-9-7-2/h15,17,21,23,27,29,40-42,46-47H,6-14,16,18-20,22,24-26,28,30-39H2,1-5H3/b17-15-,23-21-,29-27-/t40-,41?,42?/m1/s1. The van der Waals surface area contributed by atoms with Crippen LogP contribution in [0.5, 0.6) is 0 Å². The molecule has 56 heavy (non-hydrogen) atoms. The molecule has 0 aliphatic rings. The van der Waals surface area contributed by atoms with Crippen molar-refractivity contribution < 1.29 is 52.3 Å². The van der Waals surface area contributed by atoms with Crippen molar-refractivity contribution >= 4 is 19.8 Å². The Balaban J connectivity index is 4.62. The summed E-state index contributed by atoms with van der Waals surface area (Å²) in [5, 5.41) is 20.8. The molecule has 0 aliphatic carbocycles. The number of hydrogen-bond donors (Lipinski definition) is 2. The Hall–Kier alpha value is -1.85. The molecular formula is C44H82NO10P. The SMILES string of the molecule is CCCCC/C=C\C/C=C\C/C=C\CC(O)C(O)CCCC(=O)O[C@H](COC(=O)CCCCCCCCCCCCCCC)COP(=O)([O-])OCC[N+](C)(C)C. The van der Waals surface area contributed by atoms with Crippen molar-refractivity contribution in [2.45, 2.75) is 186 Å². The van der Waals surface area contributed by atoms with Crippen LogP contribution in [0.4, 0.5) is 0 Å². The van der Waals surface area contributed by atoms with Crippen molar-refractivity contribution in [3.8, 4) is 0 Å². The summed E-state index contributed by atoms with van der Waals surface area (Å²) in [6.45, 7) is 3.85. The molecule has 0 heterocycles. The molecule has 12 heteroatoms. The molecular weight excluding hydrogens is 733 g/mol. The average Bonchev–Trinajstić information content (AvgIpc) is 3.14. The number of likely N-dealkylation sites (N-methyl/N-ethyl adjacent to an activating group) is 1. The largest absolute Gasteiger partial charge is 0.756 e. The molecule has 0 aromatic carbocycles. The molecule has 0 rings (SSSR count). The monoisotopic (exact) mass is 816 g/mol. The smallest absolute Gasteiger partial charge is 0.306 e. The fourth-order valence-corrected chi connectivity index (χ4v) is 6.49. The van der Waals surface area contributed by atoms with Gasteiger partial charge in [-0.05, 0) is 51.4 Å². The number of hydrogen-bond acceptors (Lipinski definition) is 10. The van der Waals surface area contributed by atoms with Crippen LogP contribution in [-0.2, 0) is 32.7 Å². The van der Waals surface area contributed by atoms with Crippen molar-refractivity contribution in [1.82, 2.24) is 0 Å². The Morgan fingerprint density at radius 3 is 1.75 bits per heavy atom. The number of esters is 2. The molecule has 11 nitrogen and oxygen atoms in total. The summed E-state index contributed by atoms with van der Waals surface area (Å²) >= 11 is 0. The summed E-state index contributed by atoms with van der Waals surface area (Å²) in [6, 6.07) is 0. The molecule has 0 aliphatic heterocycles. The van der Waals surface area contributed by atoms with E-state index in [4.69, 9.17) is 18.5 Å². The Kier molecular flexibility index (Phi) is 35.0. The highest BCUT2D eigenvalue weighted by atomic mass is 31.2. The lowest BCUT2D eigenvalue weighted by Gasteiger charge is -2.28. The third-order valence-corrected chi connectivity index (χ3v) is 10.3. The number of carbonyl (C=O) groups is 2. The van der Waals surface area contributed by atoms with Crippen LogP contribution in [-0.4, -0.2) is 92.5 Å². The van der Waals surface area contributed by atoms with E-state index in [9.17, 15) is 29.3 Å². The van der Waals surface area contributed by atoms with Gasteiger partial charge >= 0.3 is 11.9 Å². The molecule has 0 fully saturated rings. The number of allylic oxidation sites excluding steroid dienone is 5. The first-order chi connectivity index (χ1) is 26.8. The lowest BCUT2D eigenvalue weighted by molar-refractivity contribution is -0.870. The maximum Gasteiger partial charge on any atom is 0.306 e. The first-order valence-electron chi connectivity index (χ1n) is 21.9. The lowest BCUT2D eigenvalue weighted by atomic mass is 10.0. The summed E-state index contributed by atoms with van der Waals surface area (Å²) in [7, 11) is 0.990. The second kappa shape index (κ2) is 36.2. The predicted octanol–water partition coefficient (Wildman–Crippen LogP) is 9.44. The van der Waals surface area contributed by atoms with Gasteiger partial charge in [-0.2, -0.15) is 0 Å². The second-order valence-electron chi connectivity index (χ2n) is 16.0. The summed E-state index contributed by atoms with van der Waals surface area (Å²) < 4.78 is 33.6. The highest BCUT2D eigenvalue weighted by Gasteiger charge is 2.22. The van der Waals surface area contributed by atoms with Crippen LogP contribution >= 0.6 is 7.82 Å². The van der Waals surface area contributed by atoms with Gasteiger partial charge in [0.15, 0.2) is 6.10 Å². The van der Waals surface area contributed by atoms with E-state index in [1.54, 1.807) is 0 Å². The fourth-order valence-electron chi connectivity index (χ4n) is 5.76. The van der Waals surface area contributed by atoms with Gasteiger partial charge in [-0.3, -0.25) is 14.2 Å². The molecule has 2 N–H and O–H groups in total. The Morgan fingerprint density at radius 1 is 0.643 bits per heavy atom. The zero-order chi connectivity index (χ0) is 41.8. The minimum Gasteiger partial charge on any atom is -0.756 e. The van der Waals surface area contributed by atoms with Crippen molar-refractivity contribution in [1.29, 1.82) is 0 Å². The van der Waals surface area contributed by atoms with E-state index in [0.29, 0.717) is 17.4 Å². The fraction of sp³-hybridized carbons (Fsp3) is 0.818. The molecule has 0 saturated heterocycles. The van der Waals surface area contributed by atoms with E-state index in [0.717, 1.165) is 38.5 Å². The number of rotatable bonds is 39. The molecule has 0 aromatic heterocycles. The number of ether oxygens (including phenoxy) is 2. The maximum atomic E-state index is 12.7. The van der Waals surface area contributed by atoms with Crippen molar-refractivity contribution in [3.05, 3.63) is 36.5 Å². The average molecular weight is 816 g/mol. The van der Waals surface area contributed by atoms with Crippen LogP contribution in [0, 0.1) is 0 Å². The number of unbranched alkanes of at least 4 members (excludes halogenated alkanes) is 15. The maximum absolute atomic E-state index is 12.7. The van der Waals surface area contributed by atoms with Crippen molar-refractivity contribution in [2.24, 2.45) is 0 Å². The quantitative estimate of drug-likeness (QED) is 0.0202. The van der Waals surface area contributed by atoms with Crippen LogP contribution in [0.2, 0.25) is 0 Å². The number of phosphoric ester groups is 1. The first-order valence-corrected chi connectivity index (χ1v) is 23.3. The van der Waals surface area contributed by atoms with Gasteiger partial charge in [-0.25, -0.2) is 0 Å². The zero-order valence-corrected chi connectivity index (χ0v) is 36.9. The molecule has 0 saturated carbocycles. The van der Waals surface area contributed by atoms with Crippen molar-refractivity contribution in [2.75, 3.05) is 47.5 Å². The van der Waals surface area contributed by atoms with Gasteiger partial charge in [-0.15, -0.1) is 0 Å². The Labute approximate surface area is 341 Å². The van der Waals surface area contributed by atoms with Crippen LogP contribution < -0.4 is 4.89 Å². The molecule has 3 unspecified atom stereocenters. The Morgan fingerprint density at radius 2 is 1.16 bits per heavy atom. The van der Waals surface area contributed by atoms with Gasteiger partial charge in [-0.1, -0.05) is 140 Å². The van der Waals surface area contributed by atoms with E-state index in [1.165, 1.54) is 77.0 Å². The summed E-state index contributed by atoms with van der Waals surface area (Å²) in [6.07, 6.45) is 32.0. The van der Waals surface area contributed by atoms with Crippen LogP contribution in [0.3, 0.4) is 0 Å². The van der Waals surface area contributed by atoms with Gasteiger partial charge in [0, 0.05) is 12.8 Å². The summed E-state index contributed by atoms with van der Waals surface area (Å²) in [5.74, 6) is -1.12. The highest BCUT2D eigenvalue weighted by Crippen LogP contribution is 2.38. The van der Waals surface area contributed by atoms with E-state index in [2.05, 4.69) is 38.2 Å². The van der Waals surface area contributed by atoms with Gasteiger partial charge in [0.1, 0.15) is 19.8 Å². The highest BCUT2D eigenvalue weighted by molar-refractivity contribution is 7.45. The summed E-state index contributed by atoms with van der Waals surface area (Å²) in [4.78, 5) is 37.5. The van der Waals surface area contributed by atoms with E-state index in [-0.39, 0.29) is 45.3 Å². The molecule has 0 aromatic rings. The van der Waals surface area contributed by atoms with Gasteiger partial charge in [0.25, 0.3) is 7.82 Å². The van der Waals surface area contributed by atoms with Gasteiger partial charge in [0.2, 0.25) is 0 Å². The zero-order valence-electron chi connectivity index (χ0n) is 36.0. The number of phosphoric acid groups is 1. The predicted molar refractivity (Wildman–Crippen MR) is 225 cm³/mol.